The summed E-state index contributed by atoms with van der Waals surface area (Å²) in [6.07, 6.45) is 3.45. The van der Waals surface area contributed by atoms with Crippen LogP contribution in [-0.4, -0.2) is 15.5 Å². The Bertz CT molecular complexity index is 301. The molecule has 2 N–H and O–H groups in total. The van der Waals surface area contributed by atoms with Crippen LogP contribution < -0.4 is 5.73 Å². The number of aryl methyl sites for hydroxylation is 1. The van der Waals surface area contributed by atoms with Gasteiger partial charge in [0.25, 0.3) is 0 Å². The van der Waals surface area contributed by atoms with Crippen molar-refractivity contribution in [3.05, 3.63) is 18.2 Å². The van der Waals surface area contributed by atoms with Gasteiger partial charge in [-0.05, 0) is 13.8 Å². The van der Waals surface area contributed by atoms with Gasteiger partial charge in [-0.25, -0.2) is 4.98 Å². The Hall–Kier alpha value is -1.32. The molecule has 0 unspecified atom stereocenters. The van der Waals surface area contributed by atoms with Gasteiger partial charge in [0, 0.05) is 13.2 Å². The molecule has 0 saturated carbocycles. The van der Waals surface area contributed by atoms with Gasteiger partial charge in [-0.1, -0.05) is 0 Å². The molecule has 0 aliphatic heterocycles. The zero-order chi connectivity index (χ0) is 9.35. The number of nitrogens with zero attached hydrogens (tertiary/aromatic N) is 2. The van der Waals surface area contributed by atoms with Crippen LogP contribution in [0.25, 0.3) is 0 Å². The first-order valence-corrected chi connectivity index (χ1v) is 3.73. The van der Waals surface area contributed by atoms with E-state index in [1.807, 2.05) is 7.05 Å². The van der Waals surface area contributed by atoms with E-state index in [9.17, 15) is 4.79 Å². The van der Waals surface area contributed by atoms with Crippen LogP contribution in [0, 0.1) is 0 Å². The van der Waals surface area contributed by atoms with Crippen LogP contribution in [0.5, 0.6) is 0 Å². The minimum absolute atomic E-state index is 0.360. The summed E-state index contributed by atoms with van der Waals surface area (Å²) in [4.78, 5) is 15.1. The first-order chi connectivity index (χ1) is 5.44. The molecule has 0 spiro atoms. The average molecular weight is 167 g/mol. The van der Waals surface area contributed by atoms with E-state index in [1.165, 1.54) is 0 Å². The van der Waals surface area contributed by atoms with Crippen LogP contribution in [-0.2, 0) is 17.3 Å². The van der Waals surface area contributed by atoms with Crippen molar-refractivity contribution >= 4 is 5.91 Å². The van der Waals surface area contributed by atoms with Gasteiger partial charge >= 0.3 is 0 Å². The van der Waals surface area contributed by atoms with Gasteiger partial charge < -0.3 is 10.3 Å². The molecule has 0 aliphatic carbocycles. The second-order valence-corrected chi connectivity index (χ2v) is 3.41. The molecular formula is C8H13N3O. The van der Waals surface area contributed by atoms with Crippen LogP contribution in [0.3, 0.4) is 0 Å². The molecule has 12 heavy (non-hydrogen) atoms. The maximum atomic E-state index is 11.0. The first kappa shape index (κ1) is 8.77. The molecular weight excluding hydrogens is 154 g/mol. The fourth-order valence-electron chi connectivity index (χ4n) is 0.862. The second kappa shape index (κ2) is 2.62. The van der Waals surface area contributed by atoms with Crippen molar-refractivity contribution in [1.29, 1.82) is 0 Å². The van der Waals surface area contributed by atoms with E-state index >= 15 is 0 Å². The number of hydrogen-bond acceptors (Lipinski definition) is 2. The highest BCUT2D eigenvalue weighted by atomic mass is 16.1. The van der Waals surface area contributed by atoms with E-state index in [4.69, 9.17) is 5.73 Å². The number of primary amides is 1. The smallest absolute Gasteiger partial charge is 0.229 e. The van der Waals surface area contributed by atoms with Crippen molar-refractivity contribution in [2.75, 3.05) is 0 Å². The maximum Gasteiger partial charge on any atom is 0.229 e. The van der Waals surface area contributed by atoms with Crippen molar-refractivity contribution in [1.82, 2.24) is 9.55 Å². The van der Waals surface area contributed by atoms with Gasteiger partial charge in [-0.15, -0.1) is 0 Å². The Kier molecular flexibility index (Phi) is 1.92. The number of hydrogen-bond donors (Lipinski definition) is 1. The summed E-state index contributed by atoms with van der Waals surface area (Å²) >= 11 is 0. The molecule has 1 rings (SSSR count). The highest BCUT2D eigenvalue weighted by molar-refractivity contribution is 5.85. The highest BCUT2D eigenvalue weighted by Gasteiger charge is 2.29. The Morgan fingerprint density at radius 1 is 1.67 bits per heavy atom. The average Bonchev–Trinajstić information content (AvgIpc) is 2.35. The van der Waals surface area contributed by atoms with Crippen LogP contribution in [0.2, 0.25) is 0 Å². The molecule has 0 radical (unpaired) electrons. The van der Waals surface area contributed by atoms with E-state index in [1.54, 1.807) is 30.9 Å². The lowest BCUT2D eigenvalue weighted by molar-refractivity contribution is -0.122. The Morgan fingerprint density at radius 2 is 2.25 bits per heavy atom. The molecule has 0 bridgehead atoms. The highest BCUT2D eigenvalue weighted by Crippen LogP contribution is 2.19. The number of imidazole rings is 1. The van der Waals surface area contributed by atoms with Crippen molar-refractivity contribution in [3.63, 3.8) is 0 Å². The third-order valence-electron chi connectivity index (χ3n) is 1.96. The molecule has 1 aromatic rings. The largest absolute Gasteiger partial charge is 0.369 e. The van der Waals surface area contributed by atoms with Crippen LogP contribution in [0.1, 0.15) is 19.5 Å². The van der Waals surface area contributed by atoms with Gasteiger partial charge in [0.2, 0.25) is 5.91 Å². The number of aromatic nitrogens is 2. The lowest BCUT2D eigenvalue weighted by atomic mass is 9.89. The van der Waals surface area contributed by atoms with E-state index in [0.717, 1.165) is 0 Å². The molecule has 66 valence electrons. The summed E-state index contributed by atoms with van der Waals surface area (Å²) in [5.74, 6) is -0.360. The third-order valence-corrected chi connectivity index (χ3v) is 1.96. The quantitative estimate of drug-likeness (QED) is 0.683. The Balaban J connectivity index is 3.05. The van der Waals surface area contributed by atoms with E-state index in [2.05, 4.69) is 4.98 Å². The van der Waals surface area contributed by atoms with E-state index in [0.29, 0.717) is 5.69 Å². The molecule has 0 aromatic carbocycles. The SMILES string of the molecule is Cn1cnc(C(C)(C)C(N)=O)c1. The summed E-state index contributed by atoms with van der Waals surface area (Å²) in [5.41, 5.74) is 5.25. The van der Waals surface area contributed by atoms with Gasteiger partial charge in [-0.2, -0.15) is 0 Å². The second-order valence-electron chi connectivity index (χ2n) is 3.41. The molecule has 0 aliphatic rings. The zero-order valence-electron chi connectivity index (χ0n) is 7.53. The molecule has 0 atom stereocenters. The summed E-state index contributed by atoms with van der Waals surface area (Å²) in [7, 11) is 1.85. The van der Waals surface area contributed by atoms with Gasteiger partial charge in [0.05, 0.1) is 17.4 Å². The topological polar surface area (TPSA) is 60.9 Å². The van der Waals surface area contributed by atoms with Crippen LogP contribution in [0.4, 0.5) is 0 Å². The van der Waals surface area contributed by atoms with Crippen molar-refractivity contribution in [3.8, 4) is 0 Å². The molecule has 1 aromatic heterocycles. The molecule has 4 nitrogen and oxygen atoms in total. The minimum Gasteiger partial charge on any atom is -0.369 e. The number of rotatable bonds is 2. The Morgan fingerprint density at radius 3 is 2.58 bits per heavy atom. The Labute approximate surface area is 71.4 Å². The first-order valence-electron chi connectivity index (χ1n) is 3.73. The van der Waals surface area contributed by atoms with Crippen LogP contribution in [0.15, 0.2) is 12.5 Å². The molecule has 1 amide bonds. The maximum absolute atomic E-state index is 11.0. The zero-order valence-corrected chi connectivity index (χ0v) is 7.53. The van der Waals surface area contributed by atoms with E-state index < -0.39 is 5.41 Å². The minimum atomic E-state index is -0.679. The summed E-state index contributed by atoms with van der Waals surface area (Å²) in [6.45, 7) is 3.52. The van der Waals surface area contributed by atoms with Crippen molar-refractivity contribution in [2.24, 2.45) is 12.8 Å². The van der Waals surface area contributed by atoms with Gasteiger partial charge in [0.1, 0.15) is 0 Å². The molecule has 0 saturated heterocycles. The standard InChI is InChI=1S/C8H13N3O/c1-8(2,7(9)12)6-4-11(3)5-10-6/h4-5H,1-3H3,(H2,9,12). The molecule has 0 fully saturated rings. The third kappa shape index (κ3) is 1.32. The van der Waals surface area contributed by atoms with Gasteiger partial charge in [-0.3, -0.25) is 4.79 Å². The normalized spacial score (nSPS) is 11.6. The van der Waals surface area contributed by atoms with Crippen molar-refractivity contribution in [2.45, 2.75) is 19.3 Å². The number of carbonyl (C=O) groups excluding carboxylic acids is 1. The molecule has 4 heteroatoms. The predicted molar refractivity (Wildman–Crippen MR) is 45.4 cm³/mol. The lowest BCUT2D eigenvalue weighted by Crippen LogP contribution is -2.35. The molecule has 1 heterocycles. The summed E-state index contributed by atoms with van der Waals surface area (Å²) in [5, 5.41) is 0. The van der Waals surface area contributed by atoms with Crippen molar-refractivity contribution < 1.29 is 4.79 Å². The number of amides is 1. The predicted octanol–water partition coefficient (Wildman–Crippen LogP) is 0.183. The van der Waals surface area contributed by atoms with Gasteiger partial charge in [0.15, 0.2) is 0 Å². The number of carbonyl (C=O) groups is 1. The van der Waals surface area contributed by atoms with E-state index in [-0.39, 0.29) is 5.91 Å². The number of nitrogens with two attached hydrogens (primary N) is 1. The lowest BCUT2D eigenvalue weighted by Gasteiger charge is -2.16. The fraction of sp³-hybridized carbons (Fsp3) is 0.500. The monoisotopic (exact) mass is 167 g/mol. The van der Waals surface area contributed by atoms with Crippen LogP contribution >= 0.6 is 0 Å². The summed E-state index contributed by atoms with van der Waals surface area (Å²) < 4.78 is 1.79. The summed E-state index contributed by atoms with van der Waals surface area (Å²) in [6, 6.07) is 0. The fourth-order valence-corrected chi connectivity index (χ4v) is 0.862.